The molecular weight excluding hydrogens is 241 g/mol. The molecule has 1 aromatic rings. The van der Waals surface area contributed by atoms with E-state index < -0.39 is 5.82 Å². The van der Waals surface area contributed by atoms with Crippen LogP contribution in [0.3, 0.4) is 0 Å². The van der Waals surface area contributed by atoms with Gasteiger partial charge in [0.2, 0.25) is 5.28 Å². The van der Waals surface area contributed by atoms with Crippen LogP contribution in [0.4, 0.5) is 10.2 Å². The summed E-state index contributed by atoms with van der Waals surface area (Å²) in [6, 6.07) is 0.218. The second-order valence-electron chi connectivity index (χ2n) is 4.67. The smallest absolute Gasteiger partial charge is 0.224 e. The highest BCUT2D eigenvalue weighted by Gasteiger charge is 2.21. The van der Waals surface area contributed by atoms with Crippen molar-refractivity contribution in [2.45, 2.75) is 45.1 Å². The first-order valence-electron chi connectivity index (χ1n) is 6.11. The van der Waals surface area contributed by atoms with Crippen LogP contribution >= 0.6 is 11.6 Å². The summed E-state index contributed by atoms with van der Waals surface area (Å²) >= 11 is 5.66. The Morgan fingerprint density at radius 2 is 2.12 bits per heavy atom. The van der Waals surface area contributed by atoms with Crippen molar-refractivity contribution >= 4 is 17.4 Å². The highest BCUT2D eigenvalue weighted by Crippen LogP contribution is 2.28. The Balaban J connectivity index is 2.01. The quantitative estimate of drug-likeness (QED) is 0.840. The van der Waals surface area contributed by atoms with Crippen molar-refractivity contribution in [3.8, 4) is 0 Å². The zero-order valence-corrected chi connectivity index (χ0v) is 10.7. The molecule has 1 aliphatic rings. The molecule has 0 saturated heterocycles. The summed E-state index contributed by atoms with van der Waals surface area (Å²) in [4.78, 5) is 7.47. The second-order valence-corrected chi connectivity index (χ2v) is 5.00. The van der Waals surface area contributed by atoms with Gasteiger partial charge in [-0.1, -0.05) is 19.3 Å². The van der Waals surface area contributed by atoms with Crippen LogP contribution < -0.4 is 5.32 Å². The lowest BCUT2D eigenvalue weighted by Crippen LogP contribution is -2.28. The third kappa shape index (κ3) is 3.28. The van der Waals surface area contributed by atoms with E-state index in [1.165, 1.54) is 32.1 Å². The molecule has 1 N–H and O–H groups in total. The lowest BCUT2D eigenvalue weighted by atomic mass is 9.84. The predicted molar refractivity (Wildman–Crippen MR) is 66.7 cm³/mol. The summed E-state index contributed by atoms with van der Waals surface area (Å²) in [7, 11) is 0. The molecule has 2 rings (SSSR count). The molecule has 0 aromatic carbocycles. The molecular formula is C12H17ClFN3. The number of halogens is 2. The highest BCUT2D eigenvalue weighted by molar-refractivity contribution is 6.28. The van der Waals surface area contributed by atoms with E-state index in [9.17, 15) is 4.39 Å². The number of anilines is 1. The lowest BCUT2D eigenvalue weighted by molar-refractivity contribution is 0.327. The maximum Gasteiger partial charge on any atom is 0.224 e. The normalized spacial score (nSPS) is 19.0. The molecule has 17 heavy (non-hydrogen) atoms. The van der Waals surface area contributed by atoms with E-state index in [1.807, 2.05) is 0 Å². The van der Waals surface area contributed by atoms with Crippen LogP contribution in [-0.2, 0) is 0 Å². The number of nitrogens with zero attached hydrogens (tertiary/aromatic N) is 2. The Kier molecular flexibility index (Phi) is 4.15. The van der Waals surface area contributed by atoms with E-state index in [1.54, 1.807) is 0 Å². The molecule has 0 bridgehead atoms. The molecule has 1 aromatic heterocycles. The summed E-state index contributed by atoms with van der Waals surface area (Å²) in [5, 5.41) is 3.18. The lowest BCUT2D eigenvalue weighted by Gasteiger charge is -2.28. The maximum atomic E-state index is 13.5. The standard InChI is InChI=1S/C12H17ClFN3/c1-8(9-5-3-2-4-6-9)16-11-10(14)7-15-12(13)17-11/h7-9H,2-6H2,1H3,(H,15,16,17). The minimum absolute atomic E-state index is 0.0738. The Morgan fingerprint density at radius 3 is 2.82 bits per heavy atom. The second kappa shape index (κ2) is 5.63. The largest absolute Gasteiger partial charge is 0.365 e. The fourth-order valence-electron chi connectivity index (χ4n) is 2.41. The van der Waals surface area contributed by atoms with Gasteiger partial charge in [0.1, 0.15) is 0 Å². The fraction of sp³-hybridized carbons (Fsp3) is 0.667. The van der Waals surface area contributed by atoms with Crippen molar-refractivity contribution in [2.24, 2.45) is 5.92 Å². The predicted octanol–water partition coefficient (Wildman–Crippen LogP) is 3.65. The zero-order valence-electron chi connectivity index (χ0n) is 9.92. The van der Waals surface area contributed by atoms with Gasteiger partial charge in [0.25, 0.3) is 0 Å². The van der Waals surface area contributed by atoms with Gasteiger partial charge in [-0.3, -0.25) is 0 Å². The van der Waals surface area contributed by atoms with E-state index >= 15 is 0 Å². The SMILES string of the molecule is CC(Nc1nc(Cl)ncc1F)C1CCCCC1. The summed E-state index contributed by atoms with van der Waals surface area (Å²) in [5.41, 5.74) is 0. The topological polar surface area (TPSA) is 37.8 Å². The molecule has 1 atom stereocenters. The third-order valence-electron chi connectivity index (χ3n) is 3.44. The first kappa shape index (κ1) is 12.6. The molecule has 0 spiro atoms. The molecule has 1 saturated carbocycles. The first-order chi connectivity index (χ1) is 8.16. The fourth-order valence-corrected chi connectivity index (χ4v) is 2.55. The number of hydrogen-bond donors (Lipinski definition) is 1. The molecule has 0 amide bonds. The van der Waals surface area contributed by atoms with Crippen molar-refractivity contribution in [3.63, 3.8) is 0 Å². The minimum atomic E-state index is -0.447. The van der Waals surface area contributed by atoms with E-state index in [0.29, 0.717) is 5.92 Å². The van der Waals surface area contributed by atoms with Gasteiger partial charge in [0.15, 0.2) is 11.6 Å². The average molecular weight is 258 g/mol. The maximum absolute atomic E-state index is 13.5. The molecule has 0 radical (unpaired) electrons. The molecule has 1 aliphatic carbocycles. The number of aromatic nitrogens is 2. The molecule has 1 unspecified atom stereocenters. The summed E-state index contributed by atoms with van der Waals surface area (Å²) < 4.78 is 13.5. The van der Waals surface area contributed by atoms with E-state index in [4.69, 9.17) is 11.6 Å². The van der Waals surface area contributed by atoms with Gasteiger partial charge in [0.05, 0.1) is 6.20 Å². The van der Waals surface area contributed by atoms with Crippen molar-refractivity contribution < 1.29 is 4.39 Å². The van der Waals surface area contributed by atoms with E-state index in [2.05, 4.69) is 22.2 Å². The van der Waals surface area contributed by atoms with Gasteiger partial charge >= 0.3 is 0 Å². The molecule has 5 heteroatoms. The van der Waals surface area contributed by atoms with E-state index in [0.717, 1.165) is 6.20 Å². The first-order valence-corrected chi connectivity index (χ1v) is 6.49. The number of nitrogens with one attached hydrogen (secondary N) is 1. The van der Waals surface area contributed by atoms with Gasteiger partial charge in [-0.05, 0) is 37.3 Å². The van der Waals surface area contributed by atoms with Gasteiger partial charge in [0, 0.05) is 6.04 Å². The van der Waals surface area contributed by atoms with Gasteiger partial charge < -0.3 is 5.32 Å². The Hall–Kier alpha value is -0.900. The average Bonchev–Trinajstić information content (AvgIpc) is 2.35. The molecule has 94 valence electrons. The molecule has 1 fully saturated rings. The van der Waals surface area contributed by atoms with Gasteiger partial charge in [-0.15, -0.1) is 0 Å². The third-order valence-corrected chi connectivity index (χ3v) is 3.62. The van der Waals surface area contributed by atoms with Crippen LogP contribution in [-0.4, -0.2) is 16.0 Å². The van der Waals surface area contributed by atoms with E-state index in [-0.39, 0.29) is 17.1 Å². The monoisotopic (exact) mass is 257 g/mol. The van der Waals surface area contributed by atoms with Crippen LogP contribution in [0, 0.1) is 11.7 Å². The van der Waals surface area contributed by atoms with Gasteiger partial charge in [-0.25, -0.2) is 9.37 Å². The van der Waals surface area contributed by atoms with Crippen LogP contribution in [0.15, 0.2) is 6.20 Å². The Bertz CT molecular complexity index is 380. The Labute approximate surface area is 106 Å². The van der Waals surface area contributed by atoms with Crippen LogP contribution in [0.5, 0.6) is 0 Å². The van der Waals surface area contributed by atoms with Gasteiger partial charge in [-0.2, -0.15) is 4.98 Å². The minimum Gasteiger partial charge on any atom is -0.365 e. The van der Waals surface area contributed by atoms with Crippen LogP contribution in [0.1, 0.15) is 39.0 Å². The summed E-state index contributed by atoms with van der Waals surface area (Å²) in [6.07, 6.45) is 7.36. The Morgan fingerprint density at radius 1 is 1.41 bits per heavy atom. The van der Waals surface area contributed by atoms with Crippen molar-refractivity contribution in [1.29, 1.82) is 0 Å². The number of hydrogen-bond acceptors (Lipinski definition) is 3. The van der Waals surface area contributed by atoms with Crippen LogP contribution in [0.25, 0.3) is 0 Å². The van der Waals surface area contributed by atoms with Crippen molar-refractivity contribution in [2.75, 3.05) is 5.32 Å². The van der Waals surface area contributed by atoms with Crippen molar-refractivity contribution in [1.82, 2.24) is 9.97 Å². The summed E-state index contributed by atoms with van der Waals surface area (Å²) in [6.45, 7) is 2.07. The zero-order chi connectivity index (χ0) is 12.3. The molecule has 3 nitrogen and oxygen atoms in total. The molecule has 0 aliphatic heterocycles. The summed E-state index contributed by atoms with van der Waals surface area (Å²) in [5.74, 6) is 0.358. The van der Waals surface area contributed by atoms with Crippen LogP contribution in [0.2, 0.25) is 5.28 Å². The highest BCUT2D eigenvalue weighted by atomic mass is 35.5. The molecule has 1 heterocycles. The number of rotatable bonds is 3. The van der Waals surface area contributed by atoms with Crippen molar-refractivity contribution in [3.05, 3.63) is 17.3 Å².